The molecule has 288 valence electrons. The average Bonchev–Trinajstić information content (AvgIpc) is 3.06. The van der Waals surface area contributed by atoms with E-state index in [2.05, 4.69) is 33.9 Å². The normalized spacial score (nSPS) is 21.8. The van der Waals surface area contributed by atoms with Crippen LogP contribution in [0.4, 0.5) is 0 Å². The van der Waals surface area contributed by atoms with Gasteiger partial charge in [0.25, 0.3) is 0 Å². The fourth-order valence-corrected chi connectivity index (χ4v) is 7.50. The topological polar surface area (TPSA) is 108 Å². The van der Waals surface area contributed by atoms with Crippen LogP contribution < -0.4 is 0 Å². The molecule has 12 heteroatoms. The highest BCUT2D eigenvalue weighted by molar-refractivity contribution is 7.48. The summed E-state index contributed by atoms with van der Waals surface area (Å²) in [6.07, 6.45) is -2.05. The molecule has 2 aromatic rings. The third-order valence-electron chi connectivity index (χ3n) is 9.09. The Hall–Kier alpha value is -1.92. The molecular weight excluding hydrogens is 687 g/mol. The minimum Gasteiger partial charge on any atom is -0.454 e. The van der Waals surface area contributed by atoms with Gasteiger partial charge in [-0.1, -0.05) is 108 Å². The number of benzene rings is 2. The molecule has 0 aliphatic carbocycles. The monoisotopic (exact) mass is 750 g/mol. The zero-order valence-electron chi connectivity index (χ0n) is 32.6. The fraction of sp³-hybridized carbons (Fsp3) is 0.667. The van der Waals surface area contributed by atoms with E-state index in [9.17, 15) is 9.36 Å². The van der Waals surface area contributed by atoms with Crippen LogP contribution >= 0.6 is 7.82 Å². The van der Waals surface area contributed by atoms with Gasteiger partial charge in [0.1, 0.15) is 18.3 Å². The number of hydrogen-bond acceptors (Lipinski definition) is 10. The van der Waals surface area contributed by atoms with Gasteiger partial charge in [-0.25, -0.2) is 4.57 Å². The second kappa shape index (κ2) is 20.0. The maximum absolute atomic E-state index is 14.3. The molecule has 10 nitrogen and oxygen atoms in total. The highest BCUT2D eigenvalue weighted by Crippen LogP contribution is 2.53. The van der Waals surface area contributed by atoms with Gasteiger partial charge in [0, 0.05) is 0 Å². The first kappa shape index (κ1) is 43.5. The third kappa shape index (κ3) is 13.8. The summed E-state index contributed by atoms with van der Waals surface area (Å²) < 4.78 is 65.3. The van der Waals surface area contributed by atoms with Crippen LogP contribution in [0.5, 0.6) is 0 Å². The van der Waals surface area contributed by atoms with Crippen molar-refractivity contribution in [1.29, 1.82) is 0 Å². The van der Waals surface area contributed by atoms with Crippen molar-refractivity contribution in [3.63, 3.8) is 0 Å². The van der Waals surface area contributed by atoms with Crippen LogP contribution in [0, 0.1) is 5.41 Å². The lowest BCUT2D eigenvalue weighted by Gasteiger charge is -2.49. The van der Waals surface area contributed by atoms with Gasteiger partial charge in [-0.2, -0.15) is 0 Å². The van der Waals surface area contributed by atoms with Gasteiger partial charge >= 0.3 is 13.8 Å². The fourth-order valence-electron chi connectivity index (χ4n) is 4.88. The number of hydrogen-bond donors (Lipinski definition) is 0. The predicted octanol–water partition coefficient (Wildman–Crippen LogP) is 9.62. The van der Waals surface area contributed by atoms with E-state index in [4.69, 9.17) is 36.9 Å². The van der Waals surface area contributed by atoms with Crippen LogP contribution in [0.1, 0.15) is 92.2 Å². The number of unbranched alkanes of at least 4 members (excludes halogenated alkanes) is 2. The molecule has 1 aliphatic heterocycles. The van der Waals surface area contributed by atoms with Crippen LogP contribution in [-0.2, 0) is 59.5 Å². The highest BCUT2D eigenvalue weighted by atomic mass is 31.2. The molecule has 2 aromatic carbocycles. The maximum atomic E-state index is 14.3. The van der Waals surface area contributed by atoms with E-state index < -0.39 is 58.2 Å². The van der Waals surface area contributed by atoms with Crippen LogP contribution in [0.3, 0.4) is 0 Å². The van der Waals surface area contributed by atoms with Crippen molar-refractivity contribution in [2.45, 2.75) is 143 Å². The second-order valence-electron chi connectivity index (χ2n) is 15.7. The molecule has 0 saturated carbocycles. The van der Waals surface area contributed by atoms with Crippen LogP contribution in [0.15, 0.2) is 60.7 Å². The summed E-state index contributed by atoms with van der Waals surface area (Å²) in [5, 5.41) is -0.217. The van der Waals surface area contributed by atoms with Gasteiger partial charge in [-0.15, -0.1) is 0 Å². The number of carbonyl (C=O) groups excluding carboxylic acids is 1. The van der Waals surface area contributed by atoms with Crippen molar-refractivity contribution in [2.24, 2.45) is 5.41 Å². The minimum absolute atomic E-state index is 0.0865. The summed E-state index contributed by atoms with van der Waals surface area (Å²) in [6, 6.07) is 19.6. The number of carbonyl (C=O) groups is 1. The van der Waals surface area contributed by atoms with E-state index >= 15 is 0 Å². The molecule has 0 aromatic heterocycles. The summed E-state index contributed by atoms with van der Waals surface area (Å²) in [6.45, 7) is 21.0. The molecule has 3 rings (SSSR count). The Kier molecular flexibility index (Phi) is 17.0. The van der Waals surface area contributed by atoms with Gasteiger partial charge in [-0.3, -0.25) is 18.4 Å². The van der Waals surface area contributed by atoms with Crippen molar-refractivity contribution >= 4 is 22.1 Å². The first-order valence-electron chi connectivity index (χ1n) is 18.4. The lowest BCUT2D eigenvalue weighted by molar-refractivity contribution is -0.295. The van der Waals surface area contributed by atoms with E-state index in [0.717, 1.165) is 24.0 Å². The lowest BCUT2D eigenvalue weighted by Crippen LogP contribution is -2.65. The van der Waals surface area contributed by atoms with E-state index in [0.29, 0.717) is 19.4 Å². The Labute approximate surface area is 307 Å². The molecule has 0 N–H and O–H groups in total. The second-order valence-corrected chi connectivity index (χ2v) is 22.1. The van der Waals surface area contributed by atoms with Crippen molar-refractivity contribution < 1.29 is 46.3 Å². The molecular formula is C39H63O10PSi. The van der Waals surface area contributed by atoms with Crippen LogP contribution in [0.25, 0.3) is 0 Å². The molecule has 0 amide bonds. The van der Waals surface area contributed by atoms with Crippen molar-refractivity contribution in [2.75, 3.05) is 19.8 Å². The van der Waals surface area contributed by atoms with E-state index in [1.165, 1.54) is 0 Å². The Balaban J connectivity index is 2.13. The molecule has 5 atom stereocenters. The summed E-state index contributed by atoms with van der Waals surface area (Å²) >= 11 is 0. The molecule has 1 heterocycles. The number of phosphoric acid groups is 1. The van der Waals surface area contributed by atoms with Gasteiger partial charge in [0.15, 0.2) is 14.4 Å². The number of rotatable bonds is 20. The summed E-state index contributed by atoms with van der Waals surface area (Å²) in [4.78, 5) is 13.7. The van der Waals surface area contributed by atoms with Crippen molar-refractivity contribution in [1.82, 2.24) is 0 Å². The average molecular weight is 751 g/mol. The quantitative estimate of drug-likeness (QED) is 0.0562. The third-order valence-corrected chi connectivity index (χ3v) is 15.0. The smallest absolute Gasteiger partial charge is 0.454 e. The van der Waals surface area contributed by atoms with Crippen molar-refractivity contribution in [3.05, 3.63) is 71.8 Å². The number of phosphoric ester groups is 1. The Morgan fingerprint density at radius 2 is 1.31 bits per heavy atom. The Morgan fingerprint density at radius 3 is 1.80 bits per heavy atom. The van der Waals surface area contributed by atoms with E-state index in [-0.39, 0.29) is 31.5 Å². The molecule has 1 fully saturated rings. The molecule has 0 unspecified atom stereocenters. The number of ether oxygens (including phenoxy) is 4. The summed E-state index contributed by atoms with van der Waals surface area (Å²) in [5.41, 5.74) is 1.07. The van der Waals surface area contributed by atoms with Gasteiger partial charge in [-0.05, 0) is 62.9 Å². The molecule has 0 spiro atoms. The van der Waals surface area contributed by atoms with E-state index in [1.54, 1.807) is 20.8 Å². The zero-order chi connectivity index (χ0) is 37.7. The van der Waals surface area contributed by atoms with Gasteiger partial charge < -0.3 is 23.4 Å². The first-order valence-corrected chi connectivity index (χ1v) is 22.8. The van der Waals surface area contributed by atoms with Crippen LogP contribution in [0.2, 0.25) is 18.1 Å². The minimum atomic E-state index is -4.20. The van der Waals surface area contributed by atoms with Gasteiger partial charge in [0.2, 0.25) is 6.29 Å². The predicted molar refractivity (Wildman–Crippen MR) is 202 cm³/mol. The van der Waals surface area contributed by atoms with Crippen molar-refractivity contribution in [3.8, 4) is 0 Å². The lowest BCUT2D eigenvalue weighted by atomic mass is 9.95. The molecule has 1 saturated heterocycles. The summed E-state index contributed by atoms with van der Waals surface area (Å²) in [7, 11) is -6.79. The highest BCUT2D eigenvalue weighted by Gasteiger charge is 2.55. The molecule has 51 heavy (non-hydrogen) atoms. The molecule has 0 radical (unpaired) electrons. The SMILES string of the molecule is CCCCOP(=O)(OCCCC)O[C@@H]1O[C@H](COCc2ccccc2)[C@H](OCc2ccccc2)[C@H](O[Si](C)(C)C(C)(C)C)[C@H]1OC(=O)C(C)(C)C. The van der Waals surface area contributed by atoms with E-state index in [1.807, 2.05) is 74.5 Å². The molecule has 0 bridgehead atoms. The zero-order valence-corrected chi connectivity index (χ0v) is 34.4. The molecule has 1 aliphatic rings. The number of esters is 1. The first-order chi connectivity index (χ1) is 24.0. The Bertz CT molecular complexity index is 1330. The largest absolute Gasteiger partial charge is 0.477 e. The van der Waals surface area contributed by atoms with Crippen LogP contribution in [-0.4, -0.2) is 64.8 Å². The standard InChI is InChI=1S/C39H63O10PSi/c1-11-13-25-44-50(41,45-26-14-12-2)48-36-35(47-37(40)38(3,4)5)34(49-51(9,10)39(6,7)8)33(43-28-31-23-19-16-20-24-31)32(46-36)29-42-27-30-21-17-15-18-22-30/h15-24,32-36H,11-14,25-29H2,1-10H3/t32-,33+,34+,35-,36+/m1/s1. The Morgan fingerprint density at radius 1 is 0.784 bits per heavy atom. The summed E-state index contributed by atoms with van der Waals surface area (Å²) in [5.74, 6) is -0.497. The van der Waals surface area contributed by atoms with Gasteiger partial charge in [0.05, 0.1) is 38.4 Å². The maximum Gasteiger partial charge on any atom is 0.477 e.